The quantitative estimate of drug-likeness (QED) is 0.663. The first-order chi connectivity index (χ1) is 9.56. The number of benzene rings is 2. The van der Waals surface area contributed by atoms with Crippen LogP contribution < -0.4 is 16.0 Å². The smallest absolute Gasteiger partial charge is 0.133 e. The second kappa shape index (κ2) is 6.35. The Labute approximate surface area is 126 Å². The minimum absolute atomic E-state index is 0.210. The Bertz CT molecular complexity index is 619. The number of nitrogens with one attached hydrogen (secondary N) is 1. The fourth-order valence-corrected chi connectivity index (χ4v) is 2.75. The number of hydrogen-bond acceptors (Lipinski definition) is 3. The molecule has 0 radical (unpaired) electrons. The molecule has 106 valence electrons. The summed E-state index contributed by atoms with van der Waals surface area (Å²) in [5.74, 6) is 6.17. The molecule has 2 aromatic rings. The van der Waals surface area contributed by atoms with E-state index in [1.54, 1.807) is 13.2 Å². The summed E-state index contributed by atoms with van der Waals surface area (Å²) < 4.78 is 19.3. The Kier molecular flexibility index (Phi) is 4.75. The zero-order chi connectivity index (χ0) is 14.7. The van der Waals surface area contributed by atoms with Gasteiger partial charge in [0.05, 0.1) is 17.6 Å². The highest BCUT2D eigenvalue weighted by molar-refractivity contribution is 9.10. The second-order valence-electron chi connectivity index (χ2n) is 4.49. The van der Waals surface area contributed by atoms with Crippen LogP contribution in [-0.2, 0) is 0 Å². The number of ether oxygens (including phenoxy) is 1. The highest BCUT2D eigenvalue weighted by atomic mass is 79.9. The van der Waals surface area contributed by atoms with Crippen molar-refractivity contribution in [1.29, 1.82) is 0 Å². The van der Waals surface area contributed by atoms with Gasteiger partial charge < -0.3 is 4.74 Å². The summed E-state index contributed by atoms with van der Waals surface area (Å²) in [4.78, 5) is 0. The lowest BCUT2D eigenvalue weighted by Gasteiger charge is -2.20. The second-order valence-corrected chi connectivity index (χ2v) is 5.35. The largest absolute Gasteiger partial charge is 0.496 e. The van der Waals surface area contributed by atoms with Crippen LogP contribution in [0.2, 0.25) is 0 Å². The molecule has 0 aliphatic rings. The third-order valence-corrected chi connectivity index (χ3v) is 3.84. The van der Waals surface area contributed by atoms with Gasteiger partial charge in [-0.2, -0.15) is 0 Å². The van der Waals surface area contributed by atoms with Crippen molar-refractivity contribution >= 4 is 15.9 Å². The van der Waals surface area contributed by atoms with Gasteiger partial charge in [0.2, 0.25) is 0 Å². The number of nitrogens with two attached hydrogens (primary N) is 1. The lowest BCUT2D eigenvalue weighted by molar-refractivity contribution is 0.411. The first kappa shape index (κ1) is 15.0. The average Bonchev–Trinajstić information content (AvgIpc) is 2.42. The van der Waals surface area contributed by atoms with E-state index in [2.05, 4.69) is 21.4 Å². The third-order valence-electron chi connectivity index (χ3n) is 3.22. The summed E-state index contributed by atoms with van der Waals surface area (Å²) in [5.41, 5.74) is 5.53. The summed E-state index contributed by atoms with van der Waals surface area (Å²) in [6.07, 6.45) is 0. The predicted octanol–water partition coefficient (Wildman–Crippen LogP) is 3.46. The summed E-state index contributed by atoms with van der Waals surface area (Å²) in [6, 6.07) is 10.2. The van der Waals surface area contributed by atoms with Crippen LogP contribution in [0, 0.1) is 12.7 Å². The number of hydrazine groups is 1. The standard InChI is InChI=1S/C15H16BrFN2O/c1-9-7-11(17)4-5-12(9)15(19-18)10-3-6-14(20-2)13(16)8-10/h3-8,15,19H,18H2,1-2H3. The van der Waals surface area contributed by atoms with Crippen LogP contribution in [-0.4, -0.2) is 7.11 Å². The summed E-state index contributed by atoms with van der Waals surface area (Å²) in [7, 11) is 1.61. The van der Waals surface area contributed by atoms with Gasteiger partial charge in [-0.05, 0) is 63.8 Å². The normalized spacial score (nSPS) is 12.2. The van der Waals surface area contributed by atoms with E-state index in [1.807, 2.05) is 25.1 Å². The van der Waals surface area contributed by atoms with E-state index in [0.717, 1.165) is 26.9 Å². The Morgan fingerprint density at radius 2 is 2.00 bits per heavy atom. The van der Waals surface area contributed by atoms with Crippen LogP contribution in [0.1, 0.15) is 22.7 Å². The molecule has 2 aromatic carbocycles. The van der Waals surface area contributed by atoms with Crippen LogP contribution in [0.25, 0.3) is 0 Å². The van der Waals surface area contributed by atoms with E-state index in [-0.39, 0.29) is 11.9 Å². The van der Waals surface area contributed by atoms with Crippen LogP contribution in [0.3, 0.4) is 0 Å². The minimum atomic E-state index is -0.252. The topological polar surface area (TPSA) is 47.3 Å². The predicted molar refractivity (Wildman–Crippen MR) is 81.0 cm³/mol. The summed E-state index contributed by atoms with van der Waals surface area (Å²) >= 11 is 3.45. The minimum Gasteiger partial charge on any atom is -0.496 e. The van der Waals surface area contributed by atoms with E-state index in [4.69, 9.17) is 10.6 Å². The van der Waals surface area contributed by atoms with Gasteiger partial charge in [0, 0.05) is 0 Å². The molecule has 5 heteroatoms. The zero-order valence-corrected chi connectivity index (χ0v) is 12.9. The maximum atomic E-state index is 13.2. The van der Waals surface area contributed by atoms with Crippen LogP contribution in [0.4, 0.5) is 4.39 Å². The molecular formula is C15H16BrFN2O. The van der Waals surface area contributed by atoms with E-state index in [1.165, 1.54) is 12.1 Å². The van der Waals surface area contributed by atoms with E-state index >= 15 is 0 Å². The van der Waals surface area contributed by atoms with Gasteiger partial charge in [-0.3, -0.25) is 5.84 Å². The molecule has 0 aromatic heterocycles. The zero-order valence-electron chi connectivity index (χ0n) is 11.3. The van der Waals surface area contributed by atoms with Crippen molar-refractivity contribution in [3.05, 3.63) is 63.4 Å². The lowest BCUT2D eigenvalue weighted by atomic mass is 9.95. The van der Waals surface area contributed by atoms with Gasteiger partial charge >= 0.3 is 0 Å². The van der Waals surface area contributed by atoms with Gasteiger partial charge in [0.15, 0.2) is 0 Å². The molecule has 0 saturated carbocycles. The van der Waals surface area contributed by atoms with Crippen LogP contribution >= 0.6 is 15.9 Å². The van der Waals surface area contributed by atoms with Gasteiger partial charge in [0.25, 0.3) is 0 Å². The highest BCUT2D eigenvalue weighted by Gasteiger charge is 2.16. The Morgan fingerprint density at radius 1 is 1.25 bits per heavy atom. The average molecular weight is 339 g/mol. The Balaban J connectivity index is 2.44. The van der Waals surface area contributed by atoms with Gasteiger partial charge in [0.1, 0.15) is 11.6 Å². The lowest BCUT2D eigenvalue weighted by Crippen LogP contribution is -2.29. The maximum absolute atomic E-state index is 13.2. The number of halogens is 2. The molecule has 0 amide bonds. The molecule has 1 unspecified atom stereocenters. The van der Waals surface area contributed by atoms with E-state index in [9.17, 15) is 4.39 Å². The molecule has 0 aliphatic heterocycles. The van der Waals surface area contributed by atoms with E-state index < -0.39 is 0 Å². The summed E-state index contributed by atoms with van der Waals surface area (Å²) in [5, 5.41) is 0. The molecule has 1 atom stereocenters. The SMILES string of the molecule is COc1ccc(C(NN)c2ccc(F)cc2C)cc1Br. The number of methoxy groups -OCH3 is 1. The molecule has 3 nitrogen and oxygen atoms in total. The van der Waals surface area contributed by atoms with Crippen molar-refractivity contribution in [3.63, 3.8) is 0 Å². The first-order valence-corrected chi connectivity index (χ1v) is 6.91. The fourth-order valence-electron chi connectivity index (χ4n) is 2.19. The molecule has 20 heavy (non-hydrogen) atoms. The van der Waals surface area contributed by atoms with Crippen molar-refractivity contribution in [2.24, 2.45) is 5.84 Å². The molecule has 0 spiro atoms. The highest BCUT2D eigenvalue weighted by Crippen LogP contribution is 2.31. The van der Waals surface area contributed by atoms with Crippen molar-refractivity contribution < 1.29 is 9.13 Å². The number of aryl methyl sites for hydroxylation is 1. The van der Waals surface area contributed by atoms with Gasteiger partial charge in [-0.15, -0.1) is 0 Å². The van der Waals surface area contributed by atoms with Crippen molar-refractivity contribution in [2.75, 3.05) is 7.11 Å². The van der Waals surface area contributed by atoms with Crippen molar-refractivity contribution in [1.82, 2.24) is 5.43 Å². The first-order valence-electron chi connectivity index (χ1n) is 6.12. The van der Waals surface area contributed by atoms with Crippen molar-refractivity contribution in [3.8, 4) is 5.75 Å². The van der Waals surface area contributed by atoms with Gasteiger partial charge in [-0.1, -0.05) is 12.1 Å². The Morgan fingerprint density at radius 3 is 2.55 bits per heavy atom. The fraction of sp³-hybridized carbons (Fsp3) is 0.200. The van der Waals surface area contributed by atoms with Crippen molar-refractivity contribution in [2.45, 2.75) is 13.0 Å². The van der Waals surface area contributed by atoms with Gasteiger partial charge in [-0.25, -0.2) is 9.82 Å². The third kappa shape index (κ3) is 3.00. The molecule has 0 heterocycles. The maximum Gasteiger partial charge on any atom is 0.133 e. The Hall–Kier alpha value is -1.43. The summed E-state index contributed by atoms with van der Waals surface area (Å²) in [6.45, 7) is 1.86. The van der Waals surface area contributed by atoms with Crippen LogP contribution in [0.15, 0.2) is 40.9 Å². The molecule has 3 N–H and O–H groups in total. The molecule has 2 rings (SSSR count). The molecule has 0 fully saturated rings. The molecule has 0 saturated heterocycles. The van der Waals surface area contributed by atoms with E-state index in [0.29, 0.717) is 0 Å². The number of rotatable bonds is 4. The van der Waals surface area contributed by atoms with Crippen LogP contribution in [0.5, 0.6) is 5.75 Å². The monoisotopic (exact) mass is 338 g/mol. The number of hydrogen-bond donors (Lipinski definition) is 2. The molecular weight excluding hydrogens is 323 g/mol. The molecule has 0 aliphatic carbocycles. The molecule has 0 bridgehead atoms.